The number of hydrogen-bond donors (Lipinski definition) is 1. The fourth-order valence-corrected chi connectivity index (χ4v) is 3.36. The summed E-state index contributed by atoms with van der Waals surface area (Å²) in [7, 11) is -3.66. The van der Waals surface area contributed by atoms with Gasteiger partial charge in [-0.05, 0) is 30.9 Å². The zero-order valence-electron chi connectivity index (χ0n) is 11.7. The van der Waals surface area contributed by atoms with Gasteiger partial charge in [-0.3, -0.25) is 4.79 Å². The zero-order chi connectivity index (χ0) is 15.1. The molecule has 2 rings (SSSR count). The van der Waals surface area contributed by atoms with Gasteiger partial charge in [0, 0.05) is 12.7 Å². The molecule has 1 heterocycles. The van der Waals surface area contributed by atoms with Crippen molar-refractivity contribution < 1.29 is 17.9 Å². The van der Waals surface area contributed by atoms with Crippen molar-refractivity contribution in [1.29, 1.82) is 0 Å². The fourth-order valence-electron chi connectivity index (χ4n) is 2.15. The number of amides is 1. The van der Waals surface area contributed by atoms with Crippen LogP contribution in [-0.2, 0) is 19.6 Å². The third-order valence-electron chi connectivity index (χ3n) is 3.16. The van der Waals surface area contributed by atoms with Crippen LogP contribution in [0.25, 0.3) is 6.08 Å². The second kappa shape index (κ2) is 7.38. The molecule has 1 aromatic carbocycles. The number of benzene rings is 1. The average molecular weight is 309 g/mol. The van der Waals surface area contributed by atoms with Crippen molar-refractivity contribution >= 4 is 22.0 Å². The van der Waals surface area contributed by atoms with Gasteiger partial charge < -0.3 is 4.74 Å². The standard InChI is InChI=1S/C15H19NO4S/c17-15(10-9-13-6-2-1-3-7-13)16-21(18,19)12-14-8-4-5-11-20-14/h1-3,6-7,9-10,14H,4-5,8,11-12H2,(H,16,17)/b10-9+. The highest BCUT2D eigenvalue weighted by Gasteiger charge is 2.22. The normalized spacial score (nSPS) is 19.5. The number of carbonyl (C=O) groups is 1. The Morgan fingerprint density at radius 1 is 1.29 bits per heavy atom. The Labute approximate surface area is 125 Å². The lowest BCUT2D eigenvalue weighted by atomic mass is 10.1. The molecule has 6 heteroatoms. The van der Waals surface area contributed by atoms with E-state index in [0.29, 0.717) is 6.61 Å². The lowest BCUT2D eigenvalue weighted by Gasteiger charge is -2.22. The molecule has 1 N–H and O–H groups in total. The van der Waals surface area contributed by atoms with Crippen molar-refractivity contribution in [2.75, 3.05) is 12.4 Å². The first kappa shape index (κ1) is 15.7. The molecule has 0 aliphatic carbocycles. The Morgan fingerprint density at radius 3 is 2.71 bits per heavy atom. The molecule has 1 amide bonds. The van der Waals surface area contributed by atoms with Crippen LogP contribution in [0.5, 0.6) is 0 Å². The van der Waals surface area contributed by atoms with E-state index in [2.05, 4.69) is 0 Å². The molecule has 0 aromatic heterocycles. The molecule has 0 bridgehead atoms. The van der Waals surface area contributed by atoms with Gasteiger partial charge in [0.25, 0.3) is 5.91 Å². The van der Waals surface area contributed by atoms with Crippen LogP contribution in [0.2, 0.25) is 0 Å². The molecule has 1 saturated heterocycles. The van der Waals surface area contributed by atoms with Gasteiger partial charge in [-0.15, -0.1) is 0 Å². The second-order valence-electron chi connectivity index (χ2n) is 4.98. The smallest absolute Gasteiger partial charge is 0.257 e. The summed E-state index contributed by atoms with van der Waals surface area (Å²) in [5.74, 6) is -0.813. The lowest BCUT2D eigenvalue weighted by Crippen LogP contribution is -2.37. The number of nitrogens with one attached hydrogen (secondary N) is 1. The van der Waals surface area contributed by atoms with Gasteiger partial charge in [0.1, 0.15) is 0 Å². The van der Waals surface area contributed by atoms with Crippen LogP contribution in [0, 0.1) is 0 Å². The van der Waals surface area contributed by atoms with E-state index >= 15 is 0 Å². The Kier molecular flexibility index (Phi) is 5.52. The molecule has 1 fully saturated rings. The monoisotopic (exact) mass is 309 g/mol. The summed E-state index contributed by atoms with van der Waals surface area (Å²) in [6, 6.07) is 9.21. The largest absolute Gasteiger partial charge is 0.377 e. The molecule has 1 unspecified atom stereocenters. The number of carbonyl (C=O) groups excluding carboxylic acids is 1. The minimum Gasteiger partial charge on any atom is -0.377 e. The third kappa shape index (κ3) is 5.69. The van der Waals surface area contributed by atoms with Crippen LogP contribution in [0.4, 0.5) is 0 Å². The Balaban J connectivity index is 1.87. The molecule has 0 spiro atoms. The van der Waals surface area contributed by atoms with Crippen LogP contribution in [0.3, 0.4) is 0 Å². The van der Waals surface area contributed by atoms with Crippen LogP contribution in [-0.4, -0.2) is 32.8 Å². The number of hydrogen-bond acceptors (Lipinski definition) is 4. The van der Waals surface area contributed by atoms with Crippen LogP contribution < -0.4 is 4.72 Å². The van der Waals surface area contributed by atoms with Crippen molar-refractivity contribution in [3.8, 4) is 0 Å². The first-order valence-corrected chi connectivity index (χ1v) is 8.59. The van der Waals surface area contributed by atoms with E-state index in [9.17, 15) is 13.2 Å². The predicted molar refractivity (Wildman–Crippen MR) is 81.0 cm³/mol. The summed E-state index contributed by atoms with van der Waals surface area (Å²) in [6.07, 6.45) is 5.11. The average Bonchev–Trinajstić information content (AvgIpc) is 2.46. The van der Waals surface area contributed by atoms with Crippen LogP contribution >= 0.6 is 0 Å². The summed E-state index contributed by atoms with van der Waals surface area (Å²) in [4.78, 5) is 11.7. The molecule has 1 atom stereocenters. The number of rotatable bonds is 5. The first-order chi connectivity index (χ1) is 10.1. The zero-order valence-corrected chi connectivity index (χ0v) is 12.5. The van der Waals surface area contributed by atoms with Gasteiger partial charge in [-0.25, -0.2) is 13.1 Å². The van der Waals surface area contributed by atoms with E-state index in [1.807, 2.05) is 35.1 Å². The van der Waals surface area contributed by atoms with E-state index in [1.54, 1.807) is 6.08 Å². The molecular weight excluding hydrogens is 290 g/mol. The maximum Gasteiger partial charge on any atom is 0.257 e. The highest BCUT2D eigenvalue weighted by molar-refractivity contribution is 7.90. The Bertz CT molecular complexity index is 589. The molecule has 114 valence electrons. The van der Waals surface area contributed by atoms with E-state index in [-0.39, 0.29) is 11.9 Å². The molecule has 21 heavy (non-hydrogen) atoms. The number of sulfonamides is 1. The van der Waals surface area contributed by atoms with E-state index < -0.39 is 15.9 Å². The topological polar surface area (TPSA) is 72.5 Å². The predicted octanol–water partition coefficient (Wildman–Crippen LogP) is 1.71. The summed E-state index contributed by atoms with van der Waals surface area (Å²) in [5.41, 5.74) is 0.834. The van der Waals surface area contributed by atoms with Crippen LogP contribution in [0.1, 0.15) is 24.8 Å². The summed E-state index contributed by atoms with van der Waals surface area (Å²) in [5, 5.41) is 0. The van der Waals surface area contributed by atoms with Gasteiger partial charge in [-0.2, -0.15) is 0 Å². The first-order valence-electron chi connectivity index (χ1n) is 6.94. The molecule has 0 saturated carbocycles. The lowest BCUT2D eigenvalue weighted by molar-refractivity contribution is -0.114. The molecule has 1 aliphatic rings. The maximum atomic E-state index is 11.9. The Morgan fingerprint density at radius 2 is 2.05 bits per heavy atom. The SMILES string of the molecule is O=C(/C=C/c1ccccc1)NS(=O)(=O)CC1CCCCO1. The summed E-state index contributed by atoms with van der Waals surface area (Å²) in [6.45, 7) is 0.585. The van der Waals surface area contributed by atoms with Gasteiger partial charge in [0.15, 0.2) is 0 Å². The maximum absolute atomic E-state index is 11.9. The van der Waals surface area contributed by atoms with Gasteiger partial charge in [-0.1, -0.05) is 30.3 Å². The van der Waals surface area contributed by atoms with E-state index in [0.717, 1.165) is 24.8 Å². The van der Waals surface area contributed by atoms with Crippen LogP contribution in [0.15, 0.2) is 36.4 Å². The van der Waals surface area contributed by atoms with Gasteiger partial charge in [0.2, 0.25) is 10.0 Å². The van der Waals surface area contributed by atoms with Crippen molar-refractivity contribution in [2.45, 2.75) is 25.4 Å². The van der Waals surface area contributed by atoms with E-state index in [1.165, 1.54) is 6.08 Å². The summed E-state index contributed by atoms with van der Waals surface area (Å²) >= 11 is 0. The quantitative estimate of drug-likeness (QED) is 0.841. The molecular formula is C15H19NO4S. The minimum atomic E-state index is -3.66. The van der Waals surface area contributed by atoms with Gasteiger partial charge >= 0.3 is 0 Å². The molecule has 5 nitrogen and oxygen atoms in total. The summed E-state index contributed by atoms with van der Waals surface area (Å²) < 4.78 is 31.2. The molecule has 1 aromatic rings. The van der Waals surface area contributed by atoms with Crippen molar-refractivity contribution in [2.24, 2.45) is 0 Å². The minimum absolute atomic E-state index is 0.169. The number of ether oxygens (including phenoxy) is 1. The van der Waals surface area contributed by atoms with Crippen molar-refractivity contribution in [3.05, 3.63) is 42.0 Å². The molecule has 0 radical (unpaired) electrons. The highest BCUT2D eigenvalue weighted by Crippen LogP contribution is 2.14. The van der Waals surface area contributed by atoms with E-state index in [4.69, 9.17) is 4.74 Å². The van der Waals surface area contributed by atoms with Crippen molar-refractivity contribution in [1.82, 2.24) is 4.72 Å². The fraction of sp³-hybridized carbons (Fsp3) is 0.400. The Hall–Kier alpha value is -1.66. The highest BCUT2D eigenvalue weighted by atomic mass is 32.2. The third-order valence-corrected chi connectivity index (χ3v) is 4.48. The van der Waals surface area contributed by atoms with Gasteiger partial charge in [0.05, 0.1) is 11.9 Å². The molecule has 1 aliphatic heterocycles. The second-order valence-corrected chi connectivity index (χ2v) is 6.75. The van der Waals surface area contributed by atoms with Crippen molar-refractivity contribution in [3.63, 3.8) is 0 Å².